The maximum absolute atomic E-state index is 12.7. The number of carbonyl (C=O) groups excluding carboxylic acids is 1. The Labute approximate surface area is 191 Å². The third-order valence-corrected chi connectivity index (χ3v) is 6.48. The molecule has 6 nitrogen and oxygen atoms in total. The molecule has 1 amide bonds. The number of piperidine rings is 1. The summed E-state index contributed by atoms with van der Waals surface area (Å²) >= 11 is 0. The Morgan fingerprint density at radius 1 is 1.06 bits per heavy atom. The number of hydrogen-bond acceptors (Lipinski definition) is 5. The first-order chi connectivity index (χ1) is 15.4. The summed E-state index contributed by atoms with van der Waals surface area (Å²) in [5.74, 6) is 0.408. The lowest BCUT2D eigenvalue weighted by Gasteiger charge is -2.40. The quantitative estimate of drug-likeness (QED) is 0.699. The number of nitrogens with zero attached hydrogens (tertiary/aromatic N) is 1. The van der Waals surface area contributed by atoms with Crippen LogP contribution >= 0.6 is 0 Å². The molecule has 2 heterocycles. The molecule has 2 saturated heterocycles. The minimum Gasteiger partial charge on any atom is -0.496 e. The fraction of sp³-hybridized carbons (Fsp3) is 0.500. The Bertz CT molecular complexity index is 922. The largest absolute Gasteiger partial charge is 0.496 e. The van der Waals surface area contributed by atoms with Gasteiger partial charge < -0.3 is 25.0 Å². The molecule has 4 rings (SSSR count). The Kier molecular flexibility index (Phi) is 7.01. The second-order valence-electron chi connectivity index (χ2n) is 9.43. The van der Waals surface area contributed by atoms with E-state index in [0.29, 0.717) is 23.4 Å². The minimum absolute atomic E-state index is 0.0226. The molecule has 2 aromatic rings. The predicted octanol–water partition coefficient (Wildman–Crippen LogP) is 4.46. The summed E-state index contributed by atoms with van der Waals surface area (Å²) in [5, 5.41) is 6.89. The van der Waals surface area contributed by atoms with E-state index in [1.54, 1.807) is 19.2 Å². The molecule has 0 saturated carbocycles. The summed E-state index contributed by atoms with van der Waals surface area (Å²) in [6.07, 6.45) is 4.41. The van der Waals surface area contributed by atoms with E-state index in [-0.39, 0.29) is 11.5 Å². The van der Waals surface area contributed by atoms with Crippen LogP contribution in [0.25, 0.3) is 0 Å². The van der Waals surface area contributed by atoms with Gasteiger partial charge in [-0.05, 0) is 69.9 Å². The van der Waals surface area contributed by atoms with Gasteiger partial charge in [-0.15, -0.1) is 0 Å². The summed E-state index contributed by atoms with van der Waals surface area (Å²) in [6, 6.07) is 16.5. The highest BCUT2D eigenvalue weighted by Crippen LogP contribution is 2.27. The van der Waals surface area contributed by atoms with Crippen molar-refractivity contribution in [3.05, 3.63) is 54.1 Å². The minimum atomic E-state index is -0.165. The molecule has 0 spiro atoms. The molecule has 2 aliphatic heterocycles. The van der Waals surface area contributed by atoms with Gasteiger partial charge in [0.2, 0.25) is 0 Å². The van der Waals surface area contributed by atoms with Crippen molar-refractivity contribution in [1.82, 2.24) is 5.32 Å². The van der Waals surface area contributed by atoms with Gasteiger partial charge in [0.15, 0.2) is 0 Å². The van der Waals surface area contributed by atoms with Gasteiger partial charge in [-0.1, -0.05) is 18.2 Å². The van der Waals surface area contributed by atoms with Crippen LogP contribution in [0.15, 0.2) is 48.5 Å². The van der Waals surface area contributed by atoms with E-state index in [4.69, 9.17) is 9.47 Å². The van der Waals surface area contributed by atoms with E-state index in [9.17, 15) is 4.79 Å². The number of rotatable bonds is 6. The summed E-state index contributed by atoms with van der Waals surface area (Å²) in [5.41, 5.74) is 2.45. The van der Waals surface area contributed by atoms with Crippen molar-refractivity contribution < 1.29 is 14.3 Å². The van der Waals surface area contributed by atoms with Crippen molar-refractivity contribution in [3.63, 3.8) is 0 Å². The van der Waals surface area contributed by atoms with Crippen molar-refractivity contribution in [1.29, 1.82) is 0 Å². The van der Waals surface area contributed by atoms with E-state index in [2.05, 4.69) is 41.5 Å². The zero-order valence-corrected chi connectivity index (χ0v) is 19.4. The molecule has 0 bridgehead atoms. The van der Waals surface area contributed by atoms with Gasteiger partial charge in [-0.2, -0.15) is 0 Å². The topological polar surface area (TPSA) is 62.8 Å². The van der Waals surface area contributed by atoms with Gasteiger partial charge in [-0.25, -0.2) is 0 Å². The van der Waals surface area contributed by atoms with E-state index in [0.717, 1.165) is 56.8 Å². The average molecular weight is 438 g/mol. The van der Waals surface area contributed by atoms with Crippen LogP contribution < -0.4 is 20.3 Å². The first kappa shape index (κ1) is 22.6. The monoisotopic (exact) mass is 437 g/mol. The molecule has 0 aliphatic carbocycles. The summed E-state index contributed by atoms with van der Waals surface area (Å²) in [6.45, 7) is 7.23. The summed E-state index contributed by atoms with van der Waals surface area (Å²) < 4.78 is 11.2. The van der Waals surface area contributed by atoms with Gasteiger partial charge >= 0.3 is 0 Å². The summed E-state index contributed by atoms with van der Waals surface area (Å²) in [7, 11) is 1.58. The normalized spacial score (nSPS) is 21.2. The number of carbonyl (C=O) groups is 1. The van der Waals surface area contributed by atoms with Crippen LogP contribution in [0.5, 0.6) is 5.75 Å². The lowest BCUT2D eigenvalue weighted by atomic mass is 9.92. The molecule has 2 N–H and O–H groups in total. The van der Waals surface area contributed by atoms with Gasteiger partial charge in [0, 0.05) is 43.2 Å². The van der Waals surface area contributed by atoms with Crippen LogP contribution in [-0.2, 0) is 4.74 Å². The van der Waals surface area contributed by atoms with Crippen molar-refractivity contribution in [2.24, 2.45) is 0 Å². The van der Waals surface area contributed by atoms with Crippen molar-refractivity contribution in [3.8, 4) is 5.75 Å². The SMILES string of the molecule is COc1ccccc1C(=O)Nc1cccc(N2CCC(N[C@@H]3CCOC(C)(C)C3)CC2)c1. The number of hydrogen-bond donors (Lipinski definition) is 2. The molecular formula is C26H35N3O3. The Morgan fingerprint density at radius 3 is 2.59 bits per heavy atom. The molecular weight excluding hydrogens is 402 g/mol. The van der Waals surface area contributed by atoms with Gasteiger partial charge in [0.1, 0.15) is 5.75 Å². The smallest absolute Gasteiger partial charge is 0.259 e. The highest BCUT2D eigenvalue weighted by atomic mass is 16.5. The Hall–Kier alpha value is -2.57. The van der Waals surface area contributed by atoms with Crippen LogP contribution in [0.3, 0.4) is 0 Å². The van der Waals surface area contributed by atoms with Crippen LogP contribution in [0, 0.1) is 0 Å². The number of anilines is 2. The maximum Gasteiger partial charge on any atom is 0.259 e. The zero-order chi connectivity index (χ0) is 22.6. The van der Waals surface area contributed by atoms with E-state index in [1.165, 1.54) is 0 Å². The third-order valence-electron chi connectivity index (χ3n) is 6.48. The number of ether oxygens (including phenoxy) is 2. The van der Waals surface area contributed by atoms with E-state index in [1.807, 2.05) is 24.3 Å². The van der Waals surface area contributed by atoms with Gasteiger partial charge in [0.05, 0.1) is 18.3 Å². The van der Waals surface area contributed by atoms with E-state index < -0.39 is 0 Å². The summed E-state index contributed by atoms with van der Waals surface area (Å²) in [4.78, 5) is 15.1. The predicted molar refractivity (Wildman–Crippen MR) is 129 cm³/mol. The second kappa shape index (κ2) is 9.92. The van der Waals surface area contributed by atoms with Crippen molar-refractivity contribution in [2.75, 3.05) is 37.0 Å². The van der Waals surface area contributed by atoms with Crippen LogP contribution in [-0.4, -0.2) is 50.4 Å². The van der Waals surface area contributed by atoms with Gasteiger partial charge in [0.25, 0.3) is 5.91 Å². The number of para-hydroxylation sites is 1. The highest BCUT2D eigenvalue weighted by Gasteiger charge is 2.31. The number of methoxy groups -OCH3 is 1. The number of benzene rings is 2. The van der Waals surface area contributed by atoms with Crippen LogP contribution in [0.1, 0.15) is 49.9 Å². The standard InChI is InChI=1S/C26H35N3O3/c1-26(2)18-21(13-16-32-26)27-19-11-14-29(15-12-19)22-8-6-7-20(17-22)28-25(30)23-9-4-5-10-24(23)31-3/h4-10,17,19,21,27H,11-16,18H2,1-3H3,(H,28,30)/t21-/m1/s1. The lowest BCUT2D eigenvalue weighted by molar-refractivity contribution is -0.0644. The fourth-order valence-electron chi connectivity index (χ4n) is 4.82. The second-order valence-corrected chi connectivity index (χ2v) is 9.43. The Morgan fingerprint density at radius 2 is 1.84 bits per heavy atom. The molecule has 2 aromatic carbocycles. The first-order valence-electron chi connectivity index (χ1n) is 11.6. The first-order valence-corrected chi connectivity index (χ1v) is 11.6. The molecule has 6 heteroatoms. The van der Waals surface area contributed by atoms with Crippen LogP contribution in [0.2, 0.25) is 0 Å². The van der Waals surface area contributed by atoms with Crippen molar-refractivity contribution >= 4 is 17.3 Å². The number of nitrogens with one attached hydrogen (secondary N) is 2. The molecule has 2 fully saturated rings. The third kappa shape index (κ3) is 5.61. The van der Waals surface area contributed by atoms with E-state index >= 15 is 0 Å². The van der Waals surface area contributed by atoms with Gasteiger partial charge in [-0.3, -0.25) is 4.79 Å². The molecule has 0 unspecified atom stereocenters. The fourth-order valence-corrected chi connectivity index (χ4v) is 4.82. The van der Waals surface area contributed by atoms with Crippen molar-refractivity contribution in [2.45, 2.75) is 57.2 Å². The Balaban J connectivity index is 1.33. The number of amides is 1. The molecule has 32 heavy (non-hydrogen) atoms. The highest BCUT2D eigenvalue weighted by molar-refractivity contribution is 6.06. The molecule has 2 aliphatic rings. The molecule has 0 radical (unpaired) electrons. The zero-order valence-electron chi connectivity index (χ0n) is 19.4. The molecule has 172 valence electrons. The average Bonchev–Trinajstić information content (AvgIpc) is 2.79. The molecule has 0 aromatic heterocycles. The molecule has 1 atom stereocenters. The lowest BCUT2D eigenvalue weighted by Crippen LogP contribution is -2.50. The van der Waals surface area contributed by atoms with Crippen LogP contribution in [0.4, 0.5) is 11.4 Å². The maximum atomic E-state index is 12.7.